The standard InChI is InChI=1S/C30H28FN3O2/c1-3-28(35)26-7-4-5-8-27(26)33(2)20-23-19-32-34(30(23)29-9-6-18-36-29)25-16-12-22(13-17-25)21-10-14-24(31)15-11-21/h4-19,28,35H,3,20H2,1-2H3. The summed E-state index contributed by atoms with van der Waals surface area (Å²) in [5, 5.41) is 15.2. The second-order valence-corrected chi connectivity index (χ2v) is 8.80. The normalized spacial score (nSPS) is 12.0. The van der Waals surface area contributed by atoms with E-state index in [1.807, 2.05) is 85.5 Å². The fourth-order valence-corrected chi connectivity index (χ4v) is 4.48. The Bertz CT molecular complexity index is 1420. The first kappa shape index (κ1) is 23.6. The molecule has 0 fully saturated rings. The van der Waals surface area contributed by atoms with E-state index in [9.17, 15) is 9.50 Å². The summed E-state index contributed by atoms with van der Waals surface area (Å²) in [4.78, 5) is 2.12. The highest BCUT2D eigenvalue weighted by Crippen LogP contribution is 2.32. The lowest BCUT2D eigenvalue weighted by molar-refractivity contribution is 0.174. The molecule has 0 aliphatic carbocycles. The van der Waals surface area contributed by atoms with Crippen LogP contribution in [0, 0.1) is 5.82 Å². The van der Waals surface area contributed by atoms with E-state index in [0.717, 1.165) is 45.1 Å². The molecule has 2 aromatic heterocycles. The largest absolute Gasteiger partial charge is 0.463 e. The lowest BCUT2D eigenvalue weighted by Gasteiger charge is -2.24. The second kappa shape index (κ2) is 10.2. The number of hydrogen-bond donors (Lipinski definition) is 1. The zero-order valence-electron chi connectivity index (χ0n) is 20.3. The van der Waals surface area contributed by atoms with Gasteiger partial charge in [0.25, 0.3) is 0 Å². The SMILES string of the molecule is CCC(O)c1ccccc1N(C)Cc1cnn(-c2ccc(-c3ccc(F)cc3)cc2)c1-c1ccco1. The van der Waals surface area contributed by atoms with Crippen molar-refractivity contribution in [2.24, 2.45) is 0 Å². The minimum Gasteiger partial charge on any atom is -0.463 e. The molecule has 0 saturated carbocycles. The van der Waals surface area contributed by atoms with Gasteiger partial charge < -0.3 is 14.4 Å². The van der Waals surface area contributed by atoms with Crippen LogP contribution < -0.4 is 4.90 Å². The Labute approximate surface area is 210 Å². The molecule has 0 radical (unpaired) electrons. The Balaban J connectivity index is 1.49. The molecule has 6 heteroatoms. The average Bonchev–Trinajstić information content (AvgIpc) is 3.59. The summed E-state index contributed by atoms with van der Waals surface area (Å²) in [6.07, 6.45) is 3.65. The molecule has 182 valence electrons. The van der Waals surface area contributed by atoms with Crippen molar-refractivity contribution in [1.82, 2.24) is 9.78 Å². The van der Waals surface area contributed by atoms with Gasteiger partial charge in [0.15, 0.2) is 5.76 Å². The van der Waals surface area contributed by atoms with Crippen molar-refractivity contribution in [2.45, 2.75) is 26.0 Å². The van der Waals surface area contributed by atoms with Crippen LogP contribution in [-0.4, -0.2) is 21.9 Å². The van der Waals surface area contributed by atoms with Crippen LogP contribution in [-0.2, 0) is 6.54 Å². The molecule has 5 nitrogen and oxygen atoms in total. The number of para-hydroxylation sites is 1. The van der Waals surface area contributed by atoms with Gasteiger partial charge >= 0.3 is 0 Å². The highest BCUT2D eigenvalue weighted by Gasteiger charge is 2.20. The lowest BCUT2D eigenvalue weighted by Crippen LogP contribution is -2.19. The van der Waals surface area contributed by atoms with E-state index in [0.29, 0.717) is 13.0 Å². The van der Waals surface area contributed by atoms with Gasteiger partial charge in [-0.3, -0.25) is 0 Å². The third-order valence-corrected chi connectivity index (χ3v) is 6.39. The number of anilines is 1. The highest BCUT2D eigenvalue weighted by molar-refractivity contribution is 5.67. The van der Waals surface area contributed by atoms with Crippen LogP contribution in [0.25, 0.3) is 28.3 Å². The van der Waals surface area contributed by atoms with Gasteiger partial charge in [-0.15, -0.1) is 0 Å². The monoisotopic (exact) mass is 481 g/mol. The number of aliphatic hydroxyl groups excluding tert-OH is 1. The molecule has 0 aliphatic rings. The molecule has 0 amide bonds. The number of nitrogens with zero attached hydrogens (tertiary/aromatic N) is 3. The predicted molar refractivity (Wildman–Crippen MR) is 140 cm³/mol. The fraction of sp³-hybridized carbons (Fsp3) is 0.167. The Morgan fingerprint density at radius 2 is 1.64 bits per heavy atom. The van der Waals surface area contributed by atoms with Crippen LogP contribution in [0.3, 0.4) is 0 Å². The maximum Gasteiger partial charge on any atom is 0.152 e. The topological polar surface area (TPSA) is 54.4 Å². The molecule has 1 atom stereocenters. The summed E-state index contributed by atoms with van der Waals surface area (Å²) in [5.41, 5.74) is 6.59. The molecular formula is C30H28FN3O2. The first-order chi connectivity index (χ1) is 17.5. The number of benzene rings is 3. The first-order valence-electron chi connectivity index (χ1n) is 12.0. The molecule has 0 aliphatic heterocycles. The summed E-state index contributed by atoms with van der Waals surface area (Å²) in [5.74, 6) is 0.472. The molecular weight excluding hydrogens is 453 g/mol. The summed E-state index contributed by atoms with van der Waals surface area (Å²) < 4.78 is 21.0. The zero-order valence-corrected chi connectivity index (χ0v) is 20.3. The van der Waals surface area contributed by atoms with Gasteiger partial charge in [0.1, 0.15) is 11.5 Å². The molecule has 0 spiro atoms. The van der Waals surface area contributed by atoms with Crippen LogP contribution in [0.1, 0.15) is 30.6 Å². The predicted octanol–water partition coefficient (Wildman–Crippen LogP) is 7.02. The van der Waals surface area contributed by atoms with E-state index in [2.05, 4.69) is 4.90 Å². The van der Waals surface area contributed by atoms with Gasteiger partial charge in [-0.1, -0.05) is 49.4 Å². The van der Waals surface area contributed by atoms with Crippen molar-refractivity contribution < 1.29 is 13.9 Å². The fourth-order valence-electron chi connectivity index (χ4n) is 4.48. The van der Waals surface area contributed by atoms with Crippen molar-refractivity contribution in [3.8, 4) is 28.3 Å². The molecule has 36 heavy (non-hydrogen) atoms. The third-order valence-electron chi connectivity index (χ3n) is 6.39. The Morgan fingerprint density at radius 3 is 2.31 bits per heavy atom. The molecule has 0 bridgehead atoms. The minimum atomic E-state index is -0.518. The van der Waals surface area contributed by atoms with Crippen molar-refractivity contribution in [1.29, 1.82) is 0 Å². The number of halogens is 1. The van der Waals surface area contributed by atoms with Crippen molar-refractivity contribution >= 4 is 5.69 Å². The van der Waals surface area contributed by atoms with Gasteiger partial charge in [-0.25, -0.2) is 9.07 Å². The van der Waals surface area contributed by atoms with E-state index in [1.165, 1.54) is 12.1 Å². The Morgan fingerprint density at radius 1 is 0.944 bits per heavy atom. The van der Waals surface area contributed by atoms with Gasteiger partial charge in [0.2, 0.25) is 0 Å². The molecule has 2 heterocycles. The molecule has 1 N–H and O–H groups in total. The summed E-state index contributed by atoms with van der Waals surface area (Å²) in [7, 11) is 2.02. The van der Waals surface area contributed by atoms with Gasteiger partial charge in [0, 0.05) is 30.4 Å². The van der Waals surface area contributed by atoms with E-state index in [4.69, 9.17) is 9.52 Å². The van der Waals surface area contributed by atoms with Crippen LogP contribution in [0.2, 0.25) is 0 Å². The summed E-state index contributed by atoms with van der Waals surface area (Å²) >= 11 is 0. The lowest BCUT2D eigenvalue weighted by atomic mass is 10.0. The van der Waals surface area contributed by atoms with Crippen molar-refractivity contribution in [2.75, 3.05) is 11.9 Å². The summed E-state index contributed by atoms with van der Waals surface area (Å²) in [6, 6.07) is 26.2. The van der Waals surface area contributed by atoms with Crippen molar-refractivity contribution in [3.05, 3.63) is 114 Å². The van der Waals surface area contributed by atoms with Crippen LogP contribution in [0.4, 0.5) is 10.1 Å². The van der Waals surface area contributed by atoms with Gasteiger partial charge in [-0.05, 0) is 60.0 Å². The minimum absolute atomic E-state index is 0.251. The number of aromatic nitrogens is 2. The molecule has 1 unspecified atom stereocenters. The second-order valence-electron chi connectivity index (χ2n) is 8.80. The number of furan rings is 1. The first-order valence-corrected chi connectivity index (χ1v) is 12.0. The maximum atomic E-state index is 13.3. The number of rotatable bonds is 8. The molecule has 5 aromatic rings. The van der Waals surface area contributed by atoms with Gasteiger partial charge in [-0.2, -0.15) is 5.10 Å². The smallest absolute Gasteiger partial charge is 0.152 e. The number of aliphatic hydroxyl groups is 1. The average molecular weight is 482 g/mol. The van der Waals surface area contributed by atoms with E-state index in [-0.39, 0.29) is 5.82 Å². The zero-order chi connectivity index (χ0) is 25.1. The van der Waals surface area contributed by atoms with E-state index in [1.54, 1.807) is 18.4 Å². The molecule has 5 rings (SSSR count). The number of hydrogen-bond acceptors (Lipinski definition) is 4. The van der Waals surface area contributed by atoms with Crippen LogP contribution in [0.15, 0.2) is 102 Å². The molecule has 3 aromatic carbocycles. The van der Waals surface area contributed by atoms with Crippen LogP contribution in [0.5, 0.6) is 0 Å². The van der Waals surface area contributed by atoms with E-state index >= 15 is 0 Å². The van der Waals surface area contributed by atoms with Gasteiger partial charge in [0.05, 0.1) is 24.3 Å². The van der Waals surface area contributed by atoms with Crippen LogP contribution >= 0.6 is 0 Å². The molecule has 0 saturated heterocycles. The maximum absolute atomic E-state index is 13.3. The Hall–Kier alpha value is -4.16. The highest BCUT2D eigenvalue weighted by atomic mass is 19.1. The Kier molecular flexibility index (Phi) is 6.69. The quantitative estimate of drug-likeness (QED) is 0.259. The third kappa shape index (κ3) is 4.68. The summed E-state index contributed by atoms with van der Waals surface area (Å²) in [6.45, 7) is 2.55. The van der Waals surface area contributed by atoms with E-state index < -0.39 is 6.10 Å². The van der Waals surface area contributed by atoms with Crippen molar-refractivity contribution in [3.63, 3.8) is 0 Å².